The maximum absolute atomic E-state index is 10.2. The van der Waals surface area contributed by atoms with Crippen molar-refractivity contribution in [1.29, 1.82) is 0 Å². The Hall–Kier alpha value is -0.940. The standard InChI is InChI=1S/C14H17BrO4/c1-17-12-9(8-14(16)3-4-14)13-11(7-10(12)15)18-5-2-6-19-13/h7,16H,2-6,8H2,1H3. The second kappa shape index (κ2) is 4.87. The van der Waals surface area contributed by atoms with E-state index in [4.69, 9.17) is 14.2 Å². The van der Waals surface area contributed by atoms with Gasteiger partial charge in [0.1, 0.15) is 5.75 Å². The number of halogens is 1. The fraction of sp³-hybridized carbons (Fsp3) is 0.571. The van der Waals surface area contributed by atoms with Gasteiger partial charge in [0.05, 0.1) is 30.4 Å². The molecule has 0 atom stereocenters. The molecule has 19 heavy (non-hydrogen) atoms. The molecule has 2 aliphatic rings. The van der Waals surface area contributed by atoms with Crippen molar-refractivity contribution in [3.8, 4) is 17.2 Å². The molecule has 4 nitrogen and oxygen atoms in total. The highest BCUT2D eigenvalue weighted by molar-refractivity contribution is 9.10. The van der Waals surface area contributed by atoms with E-state index in [0.29, 0.717) is 19.6 Å². The Morgan fingerprint density at radius 3 is 2.79 bits per heavy atom. The van der Waals surface area contributed by atoms with Crippen molar-refractivity contribution in [2.45, 2.75) is 31.3 Å². The van der Waals surface area contributed by atoms with Crippen LogP contribution in [0.5, 0.6) is 17.2 Å². The topological polar surface area (TPSA) is 47.9 Å². The monoisotopic (exact) mass is 328 g/mol. The van der Waals surface area contributed by atoms with Crippen molar-refractivity contribution in [3.63, 3.8) is 0 Å². The van der Waals surface area contributed by atoms with Crippen molar-refractivity contribution >= 4 is 15.9 Å². The molecule has 104 valence electrons. The Kier molecular flexibility index (Phi) is 3.35. The number of hydrogen-bond donors (Lipinski definition) is 1. The first-order valence-corrected chi connectivity index (χ1v) is 7.30. The van der Waals surface area contributed by atoms with Gasteiger partial charge in [-0.2, -0.15) is 0 Å². The van der Waals surface area contributed by atoms with Gasteiger partial charge in [-0.05, 0) is 28.8 Å². The van der Waals surface area contributed by atoms with E-state index in [1.165, 1.54) is 0 Å². The number of aliphatic hydroxyl groups is 1. The zero-order valence-corrected chi connectivity index (χ0v) is 12.5. The highest BCUT2D eigenvalue weighted by Gasteiger charge is 2.42. The SMILES string of the molecule is COc1c(Br)cc2c(c1CC1(O)CC1)OCCCO2. The van der Waals surface area contributed by atoms with Crippen molar-refractivity contribution in [3.05, 3.63) is 16.1 Å². The Morgan fingerprint density at radius 1 is 1.37 bits per heavy atom. The van der Waals surface area contributed by atoms with Gasteiger partial charge in [0.15, 0.2) is 11.5 Å². The molecule has 1 N–H and O–H groups in total. The van der Waals surface area contributed by atoms with Crippen molar-refractivity contribution in [2.24, 2.45) is 0 Å². The number of benzene rings is 1. The van der Waals surface area contributed by atoms with Crippen LogP contribution in [0.2, 0.25) is 0 Å². The molecule has 3 rings (SSSR count). The highest BCUT2D eigenvalue weighted by atomic mass is 79.9. The molecule has 1 aromatic carbocycles. The first kappa shape index (κ1) is 13.1. The molecular formula is C14H17BrO4. The van der Waals surface area contributed by atoms with Crippen LogP contribution in [0.4, 0.5) is 0 Å². The molecule has 1 aliphatic carbocycles. The van der Waals surface area contributed by atoms with E-state index in [1.807, 2.05) is 6.07 Å². The summed E-state index contributed by atoms with van der Waals surface area (Å²) in [4.78, 5) is 0. The largest absolute Gasteiger partial charge is 0.495 e. The number of methoxy groups -OCH3 is 1. The lowest BCUT2D eigenvalue weighted by atomic mass is 10.0. The summed E-state index contributed by atoms with van der Waals surface area (Å²) in [5.41, 5.74) is 0.297. The molecule has 1 heterocycles. The summed E-state index contributed by atoms with van der Waals surface area (Å²) >= 11 is 3.50. The van der Waals surface area contributed by atoms with Crippen LogP contribution in [0.1, 0.15) is 24.8 Å². The molecule has 1 fully saturated rings. The number of rotatable bonds is 3. The summed E-state index contributed by atoms with van der Waals surface area (Å²) in [5, 5.41) is 10.2. The minimum atomic E-state index is -0.600. The first-order valence-electron chi connectivity index (χ1n) is 6.50. The molecule has 0 unspecified atom stereocenters. The van der Waals surface area contributed by atoms with Crippen molar-refractivity contribution in [1.82, 2.24) is 0 Å². The average Bonchev–Trinajstić information content (AvgIpc) is 3.13. The molecule has 1 aromatic rings. The molecule has 0 radical (unpaired) electrons. The normalized spacial score (nSPS) is 19.7. The van der Waals surface area contributed by atoms with Crippen LogP contribution in [0.25, 0.3) is 0 Å². The highest BCUT2D eigenvalue weighted by Crippen LogP contribution is 2.49. The van der Waals surface area contributed by atoms with Gasteiger partial charge in [0, 0.05) is 24.5 Å². The fourth-order valence-electron chi connectivity index (χ4n) is 2.35. The van der Waals surface area contributed by atoms with Gasteiger partial charge in [-0.3, -0.25) is 0 Å². The molecule has 0 aromatic heterocycles. The predicted molar refractivity (Wildman–Crippen MR) is 74.2 cm³/mol. The van der Waals surface area contributed by atoms with Gasteiger partial charge in [-0.25, -0.2) is 0 Å². The maximum Gasteiger partial charge on any atom is 0.168 e. The summed E-state index contributed by atoms with van der Waals surface area (Å²) in [6.45, 7) is 1.28. The molecule has 0 amide bonds. The zero-order valence-electron chi connectivity index (χ0n) is 10.9. The van der Waals surface area contributed by atoms with Crippen LogP contribution in [0.3, 0.4) is 0 Å². The summed E-state index contributed by atoms with van der Waals surface area (Å²) in [6.07, 6.45) is 3.07. The van der Waals surface area contributed by atoms with E-state index in [-0.39, 0.29) is 0 Å². The van der Waals surface area contributed by atoms with Crippen LogP contribution >= 0.6 is 15.9 Å². The first-order chi connectivity index (χ1) is 9.13. The summed E-state index contributed by atoms with van der Waals surface area (Å²) in [7, 11) is 1.63. The minimum Gasteiger partial charge on any atom is -0.495 e. The Balaban J connectivity index is 2.08. The van der Waals surface area contributed by atoms with Crippen LogP contribution in [0.15, 0.2) is 10.5 Å². The third-order valence-corrected chi connectivity index (χ3v) is 4.17. The Labute approximate surface area is 120 Å². The Bertz CT molecular complexity index is 497. The summed E-state index contributed by atoms with van der Waals surface area (Å²) < 4.78 is 17.8. The Morgan fingerprint density at radius 2 is 2.11 bits per heavy atom. The summed E-state index contributed by atoms with van der Waals surface area (Å²) in [6, 6.07) is 1.87. The molecule has 1 saturated carbocycles. The number of fused-ring (bicyclic) bond motifs is 1. The van der Waals surface area contributed by atoms with E-state index in [1.54, 1.807) is 7.11 Å². The van der Waals surface area contributed by atoms with Crippen LogP contribution in [0, 0.1) is 0 Å². The summed E-state index contributed by atoms with van der Waals surface area (Å²) in [5.74, 6) is 2.17. The molecular weight excluding hydrogens is 312 g/mol. The maximum atomic E-state index is 10.2. The second-order valence-electron chi connectivity index (χ2n) is 5.15. The lowest BCUT2D eigenvalue weighted by molar-refractivity contribution is 0.148. The van der Waals surface area contributed by atoms with Crippen LogP contribution in [-0.2, 0) is 6.42 Å². The third-order valence-electron chi connectivity index (χ3n) is 3.58. The predicted octanol–water partition coefficient (Wildman–Crippen LogP) is 2.69. The number of ether oxygens (including phenoxy) is 3. The van der Waals surface area contributed by atoms with Gasteiger partial charge in [-0.15, -0.1) is 0 Å². The van der Waals surface area contributed by atoms with Gasteiger partial charge < -0.3 is 19.3 Å². The van der Waals surface area contributed by atoms with E-state index in [2.05, 4.69) is 15.9 Å². The van der Waals surface area contributed by atoms with Gasteiger partial charge >= 0.3 is 0 Å². The lowest BCUT2D eigenvalue weighted by Gasteiger charge is -2.19. The smallest absolute Gasteiger partial charge is 0.168 e. The molecule has 5 heteroatoms. The van der Waals surface area contributed by atoms with Crippen LogP contribution in [-0.4, -0.2) is 31.0 Å². The van der Waals surface area contributed by atoms with Crippen molar-refractivity contribution in [2.75, 3.05) is 20.3 Å². The second-order valence-corrected chi connectivity index (χ2v) is 6.00. The molecule has 0 spiro atoms. The fourth-order valence-corrected chi connectivity index (χ4v) is 2.96. The van der Waals surface area contributed by atoms with E-state index in [9.17, 15) is 5.11 Å². The average molecular weight is 329 g/mol. The van der Waals surface area contributed by atoms with E-state index < -0.39 is 5.60 Å². The third kappa shape index (κ3) is 2.54. The molecule has 0 saturated heterocycles. The van der Waals surface area contributed by atoms with Crippen LogP contribution < -0.4 is 14.2 Å². The van der Waals surface area contributed by atoms with Gasteiger partial charge in [-0.1, -0.05) is 0 Å². The van der Waals surface area contributed by atoms with E-state index >= 15 is 0 Å². The molecule has 0 bridgehead atoms. The number of hydrogen-bond acceptors (Lipinski definition) is 4. The van der Waals surface area contributed by atoms with E-state index in [0.717, 1.165) is 46.5 Å². The van der Waals surface area contributed by atoms with Gasteiger partial charge in [0.2, 0.25) is 0 Å². The quantitative estimate of drug-likeness (QED) is 0.926. The minimum absolute atomic E-state index is 0.543. The lowest BCUT2D eigenvalue weighted by Crippen LogP contribution is -2.13. The molecule has 1 aliphatic heterocycles. The zero-order chi connectivity index (χ0) is 13.5. The van der Waals surface area contributed by atoms with Crippen molar-refractivity contribution < 1.29 is 19.3 Å². The van der Waals surface area contributed by atoms with Gasteiger partial charge in [0.25, 0.3) is 0 Å².